The molecule has 1 aromatic heterocycles. The van der Waals surface area contributed by atoms with Gasteiger partial charge in [-0.1, -0.05) is 6.92 Å². The van der Waals surface area contributed by atoms with Crippen LogP contribution in [0.25, 0.3) is 0 Å². The first-order chi connectivity index (χ1) is 15.2. The third-order valence-corrected chi connectivity index (χ3v) is 7.22. The molecule has 0 aromatic carbocycles. The first-order valence-corrected chi connectivity index (χ1v) is 11.0. The zero-order chi connectivity index (χ0) is 22.7. The number of piperidine rings is 1. The number of fused-ring (bicyclic) bond motifs is 1. The largest absolute Gasteiger partial charge is 0.342 e. The van der Waals surface area contributed by atoms with Crippen LogP contribution in [0.5, 0.6) is 0 Å². The lowest BCUT2D eigenvalue weighted by Gasteiger charge is -2.40. The number of nitrogens with zero attached hydrogens (tertiary/aromatic N) is 4. The van der Waals surface area contributed by atoms with E-state index in [1.165, 1.54) is 12.3 Å². The van der Waals surface area contributed by atoms with Gasteiger partial charge in [-0.15, -0.1) is 0 Å². The molecule has 3 atom stereocenters. The average molecular weight is 444 g/mol. The lowest BCUT2D eigenvalue weighted by Crippen LogP contribution is -2.54. The molecule has 7 nitrogen and oxygen atoms in total. The van der Waals surface area contributed by atoms with Gasteiger partial charge in [-0.3, -0.25) is 14.6 Å². The van der Waals surface area contributed by atoms with Crippen LogP contribution in [-0.2, 0) is 9.53 Å². The fraction of sp³-hybridized carbons (Fsp3) is 0.565. The van der Waals surface area contributed by atoms with Crippen LogP contribution < -0.4 is 0 Å². The lowest BCUT2D eigenvalue weighted by atomic mass is 9.74. The molecule has 3 aliphatic heterocycles. The lowest BCUT2D eigenvalue weighted by molar-refractivity contribution is -0.143. The molecule has 0 N–H and O–H groups in total. The predicted octanol–water partition coefficient (Wildman–Crippen LogP) is 3.22. The van der Waals surface area contributed by atoms with Gasteiger partial charge in [0.15, 0.2) is 5.60 Å². The predicted molar refractivity (Wildman–Crippen MR) is 110 cm³/mol. The highest BCUT2D eigenvalue weighted by atomic mass is 19.1. The smallest absolute Gasteiger partial charge is 0.274 e. The van der Waals surface area contributed by atoms with Crippen molar-refractivity contribution >= 4 is 11.8 Å². The number of halogens is 2. The van der Waals surface area contributed by atoms with Crippen molar-refractivity contribution in [2.45, 2.75) is 63.8 Å². The van der Waals surface area contributed by atoms with E-state index >= 15 is 0 Å². The number of aryl methyl sites for hydroxylation is 1. The monoisotopic (exact) mass is 444 g/mol. The molecule has 9 heteroatoms. The minimum absolute atomic E-state index is 0.0639. The Hall–Kier alpha value is -2.68. The number of hydrogen-bond acceptors (Lipinski definition) is 5. The number of ether oxygens (including phenoxy) is 1. The van der Waals surface area contributed by atoms with Crippen LogP contribution in [0.4, 0.5) is 8.78 Å². The molecule has 3 fully saturated rings. The SMILES string of the molecule is Cc1cncc(C(=O)N2CCC3(CC2)O[C@@H]2CC[C@@H](C4(C)C=C(F)C=C(F)C4)N2C3=O)n1. The van der Waals surface area contributed by atoms with E-state index < -0.39 is 22.7 Å². The van der Waals surface area contributed by atoms with E-state index in [4.69, 9.17) is 4.74 Å². The molecular weight excluding hydrogens is 418 g/mol. The molecule has 0 bridgehead atoms. The fourth-order valence-corrected chi connectivity index (χ4v) is 5.68. The summed E-state index contributed by atoms with van der Waals surface area (Å²) in [5.74, 6) is -1.45. The third kappa shape index (κ3) is 3.34. The highest BCUT2D eigenvalue weighted by Gasteiger charge is 2.60. The minimum Gasteiger partial charge on any atom is -0.342 e. The summed E-state index contributed by atoms with van der Waals surface area (Å²) in [6.45, 7) is 4.32. The highest BCUT2D eigenvalue weighted by Crippen LogP contribution is 2.50. The van der Waals surface area contributed by atoms with Gasteiger partial charge in [0.25, 0.3) is 11.8 Å². The van der Waals surface area contributed by atoms with Crippen LogP contribution in [0, 0.1) is 12.3 Å². The Morgan fingerprint density at radius 1 is 1.22 bits per heavy atom. The molecule has 4 heterocycles. The number of likely N-dealkylation sites (tertiary alicyclic amines) is 1. The van der Waals surface area contributed by atoms with Crippen molar-refractivity contribution in [1.82, 2.24) is 19.8 Å². The Labute approximate surface area is 185 Å². The van der Waals surface area contributed by atoms with Gasteiger partial charge in [-0.05, 0) is 25.8 Å². The first-order valence-electron chi connectivity index (χ1n) is 11.0. The third-order valence-electron chi connectivity index (χ3n) is 7.22. The van der Waals surface area contributed by atoms with Gasteiger partial charge in [0, 0.05) is 56.1 Å². The second kappa shape index (κ2) is 7.43. The summed E-state index contributed by atoms with van der Waals surface area (Å²) in [6, 6.07) is -0.327. The molecular formula is C23H26F2N4O3. The molecule has 1 unspecified atom stereocenters. The molecule has 1 aromatic rings. The summed E-state index contributed by atoms with van der Waals surface area (Å²) in [4.78, 5) is 38.0. The average Bonchev–Trinajstić information content (AvgIpc) is 3.26. The van der Waals surface area contributed by atoms with Crippen molar-refractivity contribution in [3.05, 3.63) is 47.6 Å². The van der Waals surface area contributed by atoms with Crippen LogP contribution in [0.1, 0.15) is 55.2 Å². The summed E-state index contributed by atoms with van der Waals surface area (Å²) in [5.41, 5.74) is -0.851. The number of carbonyl (C=O) groups excluding carboxylic acids is 2. The second-order valence-corrected chi connectivity index (χ2v) is 9.51. The number of allylic oxidation sites excluding steroid dienone is 3. The van der Waals surface area contributed by atoms with E-state index in [0.29, 0.717) is 44.5 Å². The van der Waals surface area contributed by atoms with E-state index in [1.54, 1.807) is 29.8 Å². The van der Waals surface area contributed by atoms with E-state index in [9.17, 15) is 18.4 Å². The second-order valence-electron chi connectivity index (χ2n) is 9.51. The number of hydrogen-bond donors (Lipinski definition) is 0. The van der Waals surface area contributed by atoms with Gasteiger partial charge in [0.1, 0.15) is 23.6 Å². The van der Waals surface area contributed by atoms with Crippen molar-refractivity contribution < 1.29 is 23.1 Å². The van der Waals surface area contributed by atoms with E-state index in [-0.39, 0.29) is 36.2 Å². The Morgan fingerprint density at radius 2 is 1.97 bits per heavy atom. The maximum absolute atomic E-state index is 14.1. The van der Waals surface area contributed by atoms with Gasteiger partial charge in [0.2, 0.25) is 0 Å². The van der Waals surface area contributed by atoms with Crippen LogP contribution in [-0.4, -0.2) is 62.5 Å². The molecule has 5 rings (SSSR count). The first kappa shape index (κ1) is 21.2. The van der Waals surface area contributed by atoms with Crippen LogP contribution >= 0.6 is 0 Å². The van der Waals surface area contributed by atoms with Gasteiger partial charge < -0.3 is 14.5 Å². The Bertz CT molecular complexity index is 1030. The zero-order valence-corrected chi connectivity index (χ0v) is 18.2. The van der Waals surface area contributed by atoms with E-state index in [1.807, 2.05) is 0 Å². The summed E-state index contributed by atoms with van der Waals surface area (Å²) in [6.07, 6.45) is 7.09. The molecule has 2 amide bonds. The van der Waals surface area contributed by atoms with E-state index in [2.05, 4.69) is 9.97 Å². The Morgan fingerprint density at radius 3 is 2.66 bits per heavy atom. The van der Waals surface area contributed by atoms with Crippen molar-refractivity contribution in [3.63, 3.8) is 0 Å². The van der Waals surface area contributed by atoms with Crippen LogP contribution in [0.3, 0.4) is 0 Å². The molecule has 0 radical (unpaired) electrons. The topological polar surface area (TPSA) is 75.6 Å². The summed E-state index contributed by atoms with van der Waals surface area (Å²) < 4.78 is 34.4. The summed E-state index contributed by atoms with van der Waals surface area (Å²) >= 11 is 0. The maximum Gasteiger partial charge on any atom is 0.274 e. The zero-order valence-electron chi connectivity index (χ0n) is 18.2. The van der Waals surface area contributed by atoms with Crippen LogP contribution in [0.2, 0.25) is 0 Å². The summed E-state index contributed by atoms with van der Waals surface area (Å²) in [5, 5.41) is 0. The molecule has 4 aliphatic rings. The highest BCUT2D eigenvalue weighted by molar-refractivity contribution is 5.93. The van der Waals surface area contributed by atoms with Crippen molar-refractivity contribution in [2.75, 3.05) is 13.1 Å². The summed E-state index contributed by atoms with van der Waals surface area (Å²) in [7, 11) is 0. The number of aromatic nitrogens is 2. The maximum atomic E-state index is 14.1. The standard InChI is InChI=1S/C23H26F2N4O3/c1-14-12-26-13-17(27-14)20(30)28-7-5-23(6-8-28)21(31)29-18(3-4-19(29)32-23)22(2)10-15(24)9-16(25)11-22/h9-10,12-13,18-19H,3-8,11H2,1-2H3/t18-,19+,22?/m0/s1. The number of rotatable bonds is 2. The molecule has 170 valence electrons. The molecule has 3 saturated heterocycles. The Kier molecular flexibility index (Phi) is 4.92. The van der Waals surface area contributed by atoms with Gasteiger partial charge in [-0.25, -0.2) is 13.8 Å². The number of amides is 2. The van der Waals surface area contributed by atoms with Crippen molar-refractivity contribution in [2.24, 2.45) is 5.41 Å². The molecule has 1 aliphatic carbocycles. The number of carbonyl (C=O) groups is 2. The van der Waals surface area contributed by atoms with Gasteiger partial charge in [-0.2, -0.15) is 0 Å². The molecule has 32 heavy (non-hydrogen) atoms. The van der Waals surface area contributed by atoms with Crippen molar-refractivity contribution in [1.29, 1.82) is 0 Å². The van der Waals surface area contributed by atoms with Gasteiger partial charge >= 0.3 is 0 Å². The van der Waals surface area contributed by atoms with Crippen molar-refractivity contribution in [3.8, 4) is 0 Å². The van der Waals surface area contributed by atoms with Gasteiger partial charge in [0.05, 0.1) is 11.9 Å². The van der Waals surface area contributed by atoms with E-state index in [0.717, 1.165) is 6.08 Å². The normalized spacial score (nSPS) is 31.6. The quantitative estimate of drug-likeness (QED) is 0.700. The van der Waals surface area contributed by atoms with Crippen LogP contribution in [0.15, 0.2) is 36.2 Å². The Balaban J connectivity index is 1.31. The molecule has 0 saturated carbocycles. The molecule has 1 spiro atoms. The minimum atomic E-state index is -0.986. The fourth-order valence-electron chi connectivity index (χ4n) is 5.68.